The van der Waals surface area contributed by atoms with E-state index in [1.165, 1.54) is 38.5 Å². The van der Waals surface area contributed by atoms with E-state index in [0.29, 0.717) is 0 Å². The van der Waals surface area contributed by atoms with Crippen LogP contribution in [-0.2, 0) is 20.4 Å². The zero-order valence-electron chi connectivity index (χ0n) is 10.5. The van der Waals surface area contributed by atoms with Gasteiger partial charge in [-0.3, -0.25) is 0 Å². The summed E-state index contributed by atoms with van der Waals surface area (Å²) in [6.07, 6.45) is 8.18. The van der Waals surface area contributed by atoms with Gasteiger partial charge in [0.05, 0.1) is 0 Å². The minimum absolute atomic E-state index is 0. The summed E-state index contributed by atoms with van der Waals surface area (Å²) in [7, 11) is 0. The van der Waals surface area contributed by atoms with Crippen molar-refractivity contribution in [2.45, 2.75) is 52.4 Å². The Morgan fingerprint density at radius 2 is 1.65 bits per heavy atom. The molecule has 0 radical (unpaired) electrons. The van der Waals surface area contributed by atoms with Crippen LogP contribution in [0.2, 0.25) is 0 Å². The molecule has 1 unspecified atom stereocenters. The summed E-state index contributed by atoms with van der Waals surface area (Å²) in [5, 5.41) is 0. The van der Waals surface area contributed by atoms with E-state index >= 15 is 0 Å². The van der Waals surface area contributed by atoms with Crippen molar-refractivity contribution >= 4 is 0 Å². The van der Waals surface area contributed by atoms with Gasteiger partial charge in [-0.25, -0.2) is 0 Å². The molecule has 0 aromatic rings. The van der Waals surface area contributed by atoms with Gasteiger partial charge in [-0.1, -0.05) is 0 Å². The Labute approximate surface area is 136 Å². The summed E-state index contributed by atoms with van der Waals surface area (Å²) in [6, 6.07) is 0. The van der Waals surface area contributed by atoms with E-state index < -0.39 is 0 Å². The van der Waals surface area contributed by atoms with Crippen LogP contribution in [0.25, 0.3) is 0 Å². The second-order valence-electron chi connectivity index (χ2n) is 4.43. The molecule has 0 aromatic heterocycles. The standard InChI is InChI=1S/C13H19.3ClH.Ti/c1-3-10-9-11-7-5-6-8-13(11)12(10)4-2;;;;/h12H,3-8H2,1-2H3;3*1H;/q;;;;+3/p-3. The molecule has 96 valence electrons. The molecular formula is C13H19Cl3Ti. The third-order valence-electron chi connectivity index (χ3n) is 3.76. The minimum Gasteiger partial charge on any atom is -1.00 e. The largest absolute Gasteiger partial charge is 1.00 e. The van der Waals surface area contributed by atoms with Gasteiger partial charge in [-0.15, -0.1) is 0 Å². The minimum atomic E-state index is 0. The van der Waals surface area contributed by atoms with Crippen LogP contribution < -0.4 is 37.2 Å². The van der Waals surface area contributed by atoms with Crippen molar-refractivity contribution in [3.05, 3.63) is 20.6 Å². The molecule has 2 rings (SSSR count). The molecule has 0 nitrogen and oxygen atoms in total. The van der Waals surface area contributed by atoms with E-state index in [-0.39, 0.29) is 37.2 Å². The molecule has 0 bridgehead atoms. The van der Waals surface area contributed by atoms with Crippen molar-refractivity contribution in [1.29, 1.82) is 0 Å². The van der Waals surface area contributed by atoms with Gasteiger partial charge in [0, 0.05) is 0 Å². The molecule has 2 aliphatic carbocycles. The van der Waals surface area contributed by atoms with E-state index in [4.69, 9.17) is 0 Å². The van der Waals surface area contributed by atoms with E-state index in [1.807, 2.05) is 5.57 Å². The zero-order valence-corrected chi connectivity index (χ0v) is 14.3. The number of allylic oxidation sites excluding steroid dienone is 4. The van der Waals surface area contributed by atoms with Gasteiger partial charge in [0.1, 0.15) is 0 Å². The summed E-state index contributed by atoms with van der Waals surface area (Å²) in [5.41, 5.74) is 5.31. The molecule has 0 heterocycles. The first-order valence-electron chi connectivity index (χ1n) is 5.96. The summed E-state index contributed by atoms with van der Waals surface area (Å²) in [4.78, 5) is 0. The van der Waals surface area contributed by atoms with Gasteiger partial charge in [0.25, 0.3) is 0 Å². The molecule has 0 N–H and O–H groups in total. The van der Waals surface area contributed by atoms with Crippen LogP contribution in [-0.4, -0.2) is 0 Å². The Kier molecular flexibility index (Phi) is 10.8. The Hall–Kier alpha value is 1.06. The van der Waals surface area contributed by atoms with Crippen molar-refractivity contribution in [3.63, 3.8) is 0 Å². The maximum Gasteiger partial charge on any atom is -1.00 e. The summed E-state index contributed by atoms with van der Waals surface area (Å²) >= 11 is 2.36. The molecule has 1 atom stereocenters. The van der Waals surface area contributed by atoms with Gasteiger partial charge in [-0.05, 0) is 0 Å². The van der Waals surface area contributed by atoms with Crippen LogP contribution >= 0.6 is 0 Å². The van der Waals surface area contributed by atoms with Crippen molar-refractivity contribution in [2.75, 3.05) is 0 Å². The zero-order chi connectivity index (χ0) is 10.1. The smallest absolute Gasteiger partial charge is 1.00 e. The topological polar surface area (TPSA) is 0 Å². The Morgan fingerprint density at radius 1 is 1.06 bits per heavy atom. The van der Waals surface area contributed by atoms with Crippen LogP contribution in [0.1, 0.15) is 52.4 Å². The van der Waals surface area contributed by atoms with Crippen molar-refractivity contribution in [2.24, 2.45) is 5.92 Å². The first kappa shape index (κ1) is 20.4. The van der Waals surface area contributed by atoms with E-state index in [2.05, 4.69) is 34.3 Å². The maximum absolute atomic E-state index is 2.36. The molecule has 0 fully saturated rings. The third-order valence-corrected chi connectivity index (χ3v) is 4.74. The summed E-state index contributed by atoms with van der Waals surface area (Å²) in [6.45, 7) is 4.66. The summed E-state index contributed by atoms with van der Waals surface area (Å²) in [5.74, 6) is 0.829. The summed E-state index contributed by atoms with van der Waals surface area (Å²) < 4.78 is 1.66. The maximum atomic E-state index is 2.36. The Morgan fingerprint density at radius 3 is 2.18 bits per heavy atom. The van der Waals surface area contributed by atoms with Crippen LogP contribution in [0.3, 0.4) is 0 Å². The van der Waals surface area contributed by atoms with Gasteiger partial charge in [-0.2, -0.15) is 0 Å². The molecule has 0 aliphatic heterocycles. The van der Waals surface area contributed by atoms with Crippen molar-refractivity contribution in [3.8, 4) is 0 Å². The van der Waals surface area contributed by atoms with Crippen LogP contribution in [0.5, 0.6) is 0 Å². The van der Waals surface area contributed by atoms with E-state index in [1.54, 1.807) is 15.0 Å². The molecule has 2 aliphatic rings. The Balaban J connectivity index is 0. The molecular weight excluding hydrogens is 310 g/mol. The normalized spacial score (nSPS) is 22.5. The fourth-order valence-electron chi connectivity index (χ4n) is 3.09. The van der Waals surface area contributed by atoms with E-state index in [0.717, 1.165) is 5.92 Å². The van der Waals surface area contributed by atoms with Crippen LogP contribution in [0, 0.1) is 5.92 Å². The molecule has 0 saturated carbocycles. The first-order valence-corrected chi connectivity index (χ1v) is 6.74. The van der Waals surface area contributed by atoms with Crippen LogP contribution in [0.4, 0.5) is 0 Å². The molecule has 0 amide bonds. The van der Waals surface area contributed by atoms with E-state index in [9.17, 15) is 0 Å². The SMILES string of the molecule is CCC1=[C]([Ti+3])C2=C(CCCC2)C1CC.[Cl-].[Cl-].[Cl-]. The monoisotopic (exact) mass is 328 g/mol. The first-order chi connectivity index (χ1) is 6.79. The fraction of sp³-hybridized carbons (Fsp3) is 0.692. The number of halogens is 3. The predicted octanol–water partition coefficient (Wildman–Crippen LogP) is -4.88. The number of hydrogen-bond acceptors (Lipinski definition) is 0. The van der Waals surface area contributed by atoms with Crippen molar-refractivity contribution in [1.82, 2.24) is 0 Å². The quantitative estimate of drug-likeness (QED) is 0.446. The van der Waals surface area contributed by atoms with Crippen LogP contribution in [0.15, 0.2) is 20.6 Å². The molecule has 0 saturated heterocycles. The number of rotatable bonds is 2. The van der Waals surface area contributed by atoms with Gasteiger partial charge in [0.15, 0.2) is 0 Å². The van der Waals surface area contributed by atoms with Gasteiger partial charge < -0.3 is 37.2 Å². The third kappa shape index (κ3) is 3.77. The molecule has 0 aromatic carbocycles. The Bertz CT molecular complexity index is 308. The van der Waals surface area contributed by atoms with Gasteiger partial charge in [0.2, 0.25) is 0 Å². The second-order valence-corrected chi connectivity index (χ2v) is 5.21. The van der Waals surface area contributed by atoms with Gasteiger partial charge >= 0.3 is 99.3 Å². The fourth-order valence-corrected chi connectivity index (χ4v) is 4.09. The molecule has 4 heteroatoms. The number of hydrogen-bond donors (Lipinski definition) is 0. The predicted molar refractivity (Wildman–Crippen MR) is 56.6 cm³/mol. The average Bonchev–Trinajstić information content (AvgIpc) is 2.51. The second kappa shape index (κ2) is 9.05. The molecule has 17 heavy (non-hydrogen) atoms. The van der Waals surface area contributed by atoms with Crippen molar-refractivity contribution < 1.29 is 57.7 Å². The average molecular weight is 330 g/mol. The molecule has 0 spiro atoms.